The highest BCUT2D eigenvalue weighted by atomic mass is 15.2. The third kappa shape index (κ3) is 4.82. The monoisotopic (exact) mass is 318 g/mol. The first-order valence-corrected chi connectivity index (χ1v) is 8.45. The normalized spacial score (nSPS) is 19.0. The van der Waals surface area contributed by atoms with Gasteiger partial charge in [0.2, 0.25) is 0 Å². The standard InChI is InChI=1S/C17H30N6/c1-5-23-11-7-9-15(23)13-21-17(18-2)20-12-14-8-6-10-19-16(14)22(3)4/h6,8,10,15H,5,7,9,11-13H2,1-4H3,(H2,18,20,21). The van der Waals surface area contributed by atoms with Crippen molar-refractivity contribution in [2.75, 3.05) is 45.7 Å². The first kappa shape index (κ1) is 17.5. The Kier molecular flexibility index (Phi) is 6.65. The molecule has 1 aliphatic rings. The predicted molar refractivity (Wildman–Crippen MR) is 97.0 cm³/mol. The van der Waals surface area contributed by atoms with E-state index < -0.39 is 0 Å². The molecule has 1 aromatic rings. The Morgan fingerprint density at radius 3 is 2.96 bits per heavy atom. The van der Waals surface area contributed by atoms with E-state index in [2.05, 4.69) is 38.5 Å². The van der Waals surface area contributed by atoms with Crippen molar-refractivity contribution in [2.24, 2.45) is 4.99 Å². The molecule has 0 aromatic carbocycles. The van der Waals surface area contributed by atoms with Crippen LogP contribution in [-0.4, -0.2) is 62.7 Å². The van der Waals surface area contributed by atoms with Gasteiger partial charge in [0.15, 0.2) is 5.96 Å². The largest absolute Gasteiger partial charge is 0.362 e. The number of likely N-dealkylation sites (N-methyl/N-ethyl adjacent to an activating group) is 1. The summed E-state index contributed by atoms with van der Waals surface area (Å²) in [4.78, 5) is 13.3. The van der Waals surface area contributed by atoms with Crippen molar-refractivity contribution in [3.05, 3.63) is 23.9 Å². The molecule has 0 aliphatic carbocycles. The summed E-state index contributed by atoms with van der Waals surface area (Å²) in [6.07, 6.45) is 4.39. The number of guanidine groups is 1. The van der Waals surface area contributed by atoms with Crippen molar-refractivity contribution >= 4 is 11.8 Å². The number of aliphatic imine (C=N–C) groups is 1. The lowest BCUT2D eigenvalue weighted by Gasteiger charge is -2.24. The third-order valence-electron chi connectivity index (χ3n) is 4.37. The second-order valence-corrected chi connectivity index (χ2v) is 6.11. The first-order chi connectivity index (χ1) is 11.2. The summed E-state index contributed by atoms with van der Waals surface area (Å²) in [6.45, 7) is 6.23. The Balaban J connectivity index is 1.86. The van der Waals surface area contributed by atoms with E-state index in [0.29, 0.717) is 12.6 Å². The molecule has 6 heteroatoms. The Morgan fingerprint density at radius 1 is 1.43 bits per heavy atom. The molecule has 128 valence electrons. The van der Waals surface area contributed by atoms with Gasteiger partial charge in [-0.05, 0) is 32.0 Å². The Bertz CT molecular complexity index is 514. The molecule has 23 heavy (non-hydrogen) atoms. The minimum absolute atomic E-state index is 0.620. The molecule has 0 amide bonds. The SMILES string of the molecule is CCN1CCCC1CNC(=NC)NCc1cccnc1N(C)C. The quantitative estimate of drug-likeness (QED) is 0.612. The van der Waals surface area contributed by atoms with Crippen LogP contribution in [0.1, 0.15) is 25.3 Å². The molecule has 2 N–H and O–H groups in total. The zero-order valence-electron chi connectivity index (χ0n) is 14.8. The molecule has 2 heterocycles. The van der Waals surface area contributed by atoms with Crippen LogP contribution in [0.2, 0.25) is 0 Å². The molecule has 2 rings (SSSR count). The summed E-state index contributed by atoms with van der Waals surface area (Å²) in [5.74, 6) is 1.84. The van der Waals surface area contributed by atoms with Gasteiger partial charge in [0, 0.05) is 52.0 Å². The Hall–Kier alpha value is -1.82. The van der Waals surface area contributed by atoms with Crippen molar-refractivity contribution in [3.8, 4) is 0 Å². The van der Waals surface area contributed by atoms with E-state index in [1.54, 1.807) is 0 Å². The van der Waals surface area contributed by atoms with Gasteiger partial charge in [-0.2, -0.15) is 0 Å². The lowest BCUT2D eigenvalue weighted by atomic mass is 10.2. The Morgan fingerprint density at radius 2 is 2.26 bits per heavy atom. The zero-order chi connectivity index (χ0) is 16.7. The van der Waals surface area contributed by atoms with E-state index in [9.17, 15) is 0 Å². The van der Waals surface area contributed by atoms with Crippen molar-refractivity contribution in [1.82, 2.24) is 20.5 Å². The highest BCUT2D eigenvalue weighted by Crippen LogP contribution is 2.16. The van der Waals surface area contributed by atoms with Crippen LogP contribution in [0.3, 0.4) is 0 Å². The molecule has 1 aliphatic heterocycles. The molecule has 0 bridgehead atoms. The fraction of sp³-hybridized carbons (Fsp3) is 0.647. The maximum Gasteiger partial charge on any atom is 0.191 e. The predicted octanol–water partition coefficient (Wildman–Crippen LogP) is 1.30. The van der Waals surface area contributed by atoms with E-state index in [4.69, 9.17) is 0 Å². The summed E-state index contributed by atoms with van der Waals surface area (Å²) >= 11 is 0. The van der Waals surface area contributed by atoms with Crippen LogP contribution >= 0.6 is 0 Å². The Labute approximate surface area is 140 Å². The second-order valence-electron chi connectivity index (χ2n) is 6.11. The highest BCUT2D eigenvalue weighted by Gasteiger charge is 2.22. The van der Waals surface area contributed by atoms with Gasteiger partial charge < -0.3 is 15.5 Å². The van der Waals surface area contributed by atoms with Gasteiger partial charge >= 0.3 is 0 Å². The molecule has 1 atom stereocenters. The van der Waals surface area contributed by atoms with E-state index in [0.717, 1.165) is 30.4 Å². The number of anilines is 1. The minimum atomic E-state index is 0.620. The fourth-order valence-electron chi connectivity index (χ4n) is 3.13. The van der Waals surface area contributed by atoms with Crippen LogP contribution in [0, 0.1) is 0 Å². The third-order valence-corrected chi connectivity index (χ3v) is 4.37. The van der Waals surface area contributed by atoms with Gasteiger partial charge in [-0.15, -0.1) is 0 Å². The average molecular weight is 318 g/mol. The molecule has 0 spiro atoms. The van der Waals surface area contributed by atoms with Crippen molar-refractivity contribution < 1.29 is 0 Å². The zero-order valence-corrected chi connectivity index (χ0v) is 14.8. The minimum Gasteiger partial charge on any atom is -0.362 e. The van der Waals surface area contributed by atoms with Gasteiger partial charge in [0.05, 0.1) is 0 Å². The number of rotatable bonds is 6. The van der Waals surface area contributed by atoms with Gasteiger partial charge in [-0.3, -0.25) is 9.89 Å². The smallest absolute Gasteiger partial charge is 0.191 e. The number of likely N-dealkylation sites (tertiary alicyclic amines) is 1. The molecule has 0 saturated carbocycles. The first-order valence-electron chi connectivity index (χ1n) is 8.45. The van der Waals surface area contributed by atoms with Crippen LogP contribution in [0.4, 0.5) is 5.82 Å². The van der Waals surface area contributed by atoms with E-state index in [1.165, 1.54) is 19.4 Å². The molecule has 1 unspecified atom stereocenters. The van der Waals surface area contributed by atoms with Crippen LogP contribution in [0.25, 0.3) is 0 Å². The number of pyridine rings is 1. The highest BCUT2D eigenvalue weighted by molar-refractivity contribution is 5.79. The lowest BCUT2D eigenvalue weighted by molar-refractivity contribution is 0.267. The van der Waals surface area contributed by atoms with Crippen LogP contribution in [-0.2, 0) is 6.54 Å². The summed E-state index contributed by atoms with van der Waals surface area (Å²) in [7, 11) is 5.84. The molecule has 0 radical (unpaired) electrons. The van der Waals surface area contributed by atoms with Crippen LogP contribution in [0.15, 0.2) is 23.3 Å². The number of hydrogen-bond acceptors (Lipinski definition) is 4. The van der Waals surface area contributed by atoms with E-state index >= 15 is 0 Å². The maximum atomic E-state index is 4.43. The van der Waals surface area contributed by atoms with E-state index in [-0.39, 0.29) is 0 Å². The number of nitrogens with zero attached hydrogens (tertiary/aromatic N) is 4. The summed E-state index contributed by atoms with van der Waals surface area (Å²) in [6, 6.07) is 4.69. The topological polar surface area (TPSA) is 55.8 Å². The maximum absolute atomic E-state index is 4.43. The molecule has 1 fully saturated rings. The second kappa shape index (κ2) is 8.72. The van der Waals surface area contributed by atoms with Crippen molar-refractivity contribution in [2.45, 2.75) is 32.4 Å². The van der Waals surface area contributed by atoms with E-state index in [1.807, 2.05) is 38.3 Å². The van der Waals surface area contributed by atoms with Gasteiger partial charge in [-0.1, -0.05) is 13.0 Å². The number of hydrogen-bond donors (Lipinski definition) is 2. The summed E-state index contributed by atoms with van der Waals surface area (Å²) in [5.41, 5.74) is 1.16. The molecule has 1 aromatic heterocycles. The molecular weight excluding hydrogens is 288 g/mol. The van der Waals surface area contributed by atoms with Crippen molar-refractivity contribution in [3.63, 3.8) is 0 Å². The number of nitrogens with one attached hydrogen (secondary N) is 2. The molecule has 6 nitrogen and oxygen atoms in total. The van der Waals surface area contributed by atoms with Gasteiger partial charge in [-0.25, -0.2) is 4.98 Å². The average Bonchev–Trinajstić information content (AvgIpc) is 3.02. The van der Waals surface area contributed by atoms with Crippen LogP contribution < -0.4 is 15.5 Å². The van der Waals surface area contributed by atoms with Gasteiger partial charge in [0.25, 0.3) is 0 Å². The fourth-order valence-corrected chi connectivity index (χ4v) is 3.13. The van der Waals surface area contributed by atoms with Crippen LogP contribution in [0.5, 0.6) is 0 Å². The number of aromatic nitrogens is 1. The summed E-state index contributed by atoms with van der Waals surface area (Å²) in [5, 5.41) is 6.85. The summed E-state index contributed by atoms with van der Waals surface area (Å²) < 4.78 is 0. The van der Waals surface area contributed by atoms with Crippen molar-refractivity contribution in [1.29, 1.82) is 0 Å². The molecular formula is C17H30N6. The van der Waals surface area contributed by atoms with Gasteiger partial charge in [0.1, 0.15) is 5.82 Å². The lowest BCUT2D eigenvalue weighted by Crippen LogP contribution is -2.44. The molecule has 1 saturated heterocycles.